The van der Waals surface area contributed by atoms with Gasteiger partial charge >= 0.3 is 0 Å². The Labute approximate surface area is 95.3 Å². The predicted octanol–water partition coefficient (Wildman–Crippen LogP) is 2.16. The van der Waals surface area contributed by atoms with Crippen LogP contribution in [0.2, 0.25) is 0 Å². The lowest BCUT2D eigenvalue weighted by molar-refractivity contribution is -0.128. The van der Waals surface area contributed by atoms with Gasteiger partial charge in [0.25, 0.3) is 0 Å². The number of hydrogen-bond acceptors (Lipinski definition) is 1. The van der Waals surface area contributed by atoms with Crippen LogP contribution in [0, 0.1) is 0 Å². The number of nitrogens with zero attached hydrogens (tertiary/aromatic N) is 2. The first-order chi connectivity index (χ1) is 7.59. The monoisotopic (exact) mass is 216 g/mol. The Morgan fingerprint density at radius 3 is 2.69 bits per heavy atom. The van der Waals surface area contributed by atoms with Crippen molar-refractivity contribution in [1.29, 1.82) is 0 Å². The molecule has 2 aromatic rings. The first-order valence-corrected chi connectivity index (χ1v) is 5.34. The van der Waals surface area contributed by atoms with Crippen molar-refractivity contribution in [1.82, 2.24) is 9.47 Å². The lowest BCUT2D eigenvalue weighted by atomic mass is 10.2. The van der Waals surface area contributed by atoms with Gasteiger partial charge in [0, 0.05) is 32.2 Å². The highest BCUT2D eigenvalue weighted by Gasteiger charge is 2.08. The maximum Gasteiger partial charge on any atom is 0.219 e. The largest absolute Gasteiger partial charge is 0.346 e. The second kappa shape index (κ2) is 4.00. The number of benzene rings is 1. The third-order valence-electron chi connectivity index (χ3n) is 2.99. The summed E-state index contributed by atoms with van der Waals surface area (Å²) in [6, 6.07) is 10.4. The summed E-state index contributed by atoms with van der Waals surface area (Å²) in [6.07, 6.45) is 0. The van der Waals surface area contributed by atoms with Gasteiger partial charge in [-0.2, -0.15) is 0 Å². The van der Waals surface area contributed by atoms with E-state index in [4.69, 9.17) is 0 Å². The number of aromatic nitrogens is 1. The minimum atomic E-state index is 0.0882. The van der Waals surface area contributed by atoms with Crippen molar-refractivity contribution < 1.29 is 4.79 Å². The highest BCUT2D eigenvalue weighted by Crippen LogP contribution is 2.19. The van der Waals surface area contributed by atoms with Crippen molar-refractivity contribution in [3.63, 3.8) is 0 Å². The van der Waals surface area contributed by atoms with Crippen molar-refractivity contribution in [2.24, 2.45) is 7.05 Å². The highest BCUT2D eigenvalue weighted by molar-refractivity contribution is 5.81. The number of carbonyl (C=O) groups excluding carboxylic acids is 1. The van der Waals surface area contributed by atoms with Crippen LogP contribution in [0.4, 0.5) is 0 Å². The molecule has 0 N–H and O–H groups in total. The molecule has 0 radical (unpaired) electrons. The number of para-hydroxylation sites is 1. The van der Waals surface area contributed by atoms with Gasteiger partial charge < -0.3 is 9.47 Å². The quantitative estimate of drug-likeness (QED) is 0.755. The molecule has 0 fully saturated rings. The molecule has 0 saturated carbocycles. The minimum absolute atomic E-state index is 0.0882. The smallest absolute Gasteiger partial charge is 0.219 e. The Bertz CT molecular complexity index is 528. The molecule has 0 atom stereocenters. The molecule has 0 aliphatic rings. The number of carbonyl (C=O) groups is 1. The average molecular weight is 216 g/mol. The third kappa shape index (κ3) is 1.81. The first-order valence-electron chi connectivity index (χ1n) is 5.34. The maximum atomic E-state index is 11.2. The Hall–Kier alpha value is -1.77. The molecular formula is C13H16N2O. The van der Waals surface area contributed by atoms with Crippen molar-refractivity contribution >= 4 is 16.8 Å². The van der Waals surface area contributed by atoms with Gasteiger partial charge in [-0.1, -0.05) is 18.2 Å². The topological polar surface area (TPSA) is 25.2 Å². The number of rotatable bonds is 2. The SMILES string of the molecule is CC(=O)N(C)Cc1cc2ccccc2n1C. The predicted molar refractivity (Wildman–Crippen MR) is 65.1 cm³/mol. The second-order valence-electron chi connectivity index (χ2n) is 4.13. The van der Waals surface area contributed by atoms with Gasteiger partial charge in [-0.3, -0.25) is 4.79 Å². The van der Waals surface area contributed by atoms with Gasteiger partial charge in [0.1, 0.15) is 0 Å². The van der Waals surface area contributed by atoms with E-state index in [1.165, 1.54) is 10.9 Å². The summed E-state index contributed by atoms with van der Waals surface area (Å²) < 4.78 is 2.13. The van der Waals surface area contributed by atoms with Gasteiger partial charge in [-0.15, -0.1) is 0 Å². The molecule has 0 aliphatic heterocycles. The Balaban J connectivity index is 2.38. The van der Waals surface area contributed by atoms with Crippen LogP contribution in [0.1, 0.15) is 12.6 Å². The van der Waals surface area contributed by atoms with Crippen molar-refractivity contribution in [2.45, 2.75) is 13.5 Å². The molecule has 3 nitrogen and oxygen atoms in total. The zero-order valence-corrected chi connectivity index (χ0v) is 9.90. The van der Waals surface area contributed by atoms with Crippen molar-refractivity contribution in [3.8, 4) is 0 Å². The molecule has 1 aromatic heterocycles. The van der Waals surface area contributed by atoms with Crippen LogP contribution in [0.25, 0.3) is 10.9 Å². The average Bonchev–Trinajstić information content (AvgIpc) is 2.56. The van der Waals surface area contributed by atoms with E-state index in [0.717, 1.165) is 5.69 Å². The van der Waals surface area contributed by atoms with E-state index in [0.29, 0.717) is 6.54 Å². The highest BCUT2D eigenvalue weighted by atomic mass is 16.2. The zero-order chi connectivity index (χ0) is 11.7. The maximum absolute atomic E-state index is 11.2. The third-order valence-corrected chi connectivity index (χ3v) is 2.99. The molecule has 1 heterocycles. The number of amides is 1. The minimum Gasteiger partial charge on any atom is -0.346 e. The lowest BCUT2D eigenvalue weighted by Crippen LogP contribution is -2.24. The molecule has 16 heavy (non-hydrogen) atoms. The molecule has 0 saturated heterocycles. The van der Waals surface area contributed by atoms with Crippen LogP contribution in [-0.2, 0) is 18.4 Å². The molecule has 2 rings (SSSR count). The summed E-state index contributed by atoms with van der Waals surface area (Å²) >= 11 is 0. The van der Waals surface area contributed by atoms with Gasteiger partial charge in [0.15, 0.2) is 0 Å². The normalized spacial score (nSPS) is 10.7. The van der Waals surface area contributed by atoms with Crippen LogP contribution < -0.4 is 0 Å². The van der Waals surface area contributed by atoms with Crippen LogP contribution >= 0.6 is 0 Å². The molecule has 1 amide bonds. The summed E-state index contributed by atoms with van der Waals surface area (Å²) in [5.74, 6) is 0.0882. The van der Waals surface area contributed by atoms with E-state index >= 15 is 0 Å². The first kappa shape index (κ1) is 10.7. The van der Waals surface area contributed by atoms with Crippen LogP contribution in [0.3, 0.4) is 0 Å². The van der Waals surface area contributed by atoms with Crippen LogP contribution in [-0.4, -0.2) is 22.4 Å². The van der Waals surface area contributed by atoms with E-state index < -0.39 is 0 Å². The Morgan fingerprint density at radius 1 is 1.38 bits per heavy atom. The van der Waals surface area contributed by atoms with E-state index in [2.05, 4.69) is 22.8 Å². The van der Waals surface area contributed by atoms with Crippen molar-refractivity contribution in [3.05, 3.63) is 36.0 Å². The summed E-state index contributed by atoms with van der Waals surface area (Å²) in [5.41, 5.74) is 2.35. The number of aryl methyl sites for hydroxylation is 1. The van der Waals surface area contributed by atoms with E-state index in [-0.39, 0.29) is 5.91 Å². The number of fused-ring (bicyclic) bond motifs is 1. The summed E-state index contributed by atoms with van der Waals surface area (Å²) in [5, 5.41) is 1.22. The molecule has 0 spiro atoms. The molecule has 0 aliphatic carbocycles. The summed E-state index contributed by atoms with van der Waals surface area (Å²) in [6.45, 7) is 2.24. The molecule has 3 heteroatoms. The molecule has 0 unspecified atom stereocenters. The molecule has 84 valence electrons. The van der Waals surface area contributed by atoms with Gasteiger partial charge in [-0.25, -0.2) is 0 Å². The number of hydrogen-bond donors (Lipinski definition) is 0. The molecular weight excluding hydrogens is 200 g/mol. The Morgan fingerprint density at radius 2 is 2.06 bits per heavy atom. The van der Waals surface area contributed by atoms with Crippen LogP contribution in [0.5, 0.6) is 0 Å². The van der Waals surface area contributed by atoms with Gasteiger partial charge in [0.05, 0.1) is 6.54 Å². The lowest BCUT2D eigenvalue weighted by Gasteiger charge is -2.15. The standard InChI is InChI=1S/C13H16N2O/c1-10(16)14(2)9-12-8-11-6-4-5-7-13(11)15(12)3/h4-8H,9H2,1-3H3. The van der Waals surface area contributed by atoms with Gasteiger partial charge in [0.2, 0.25) is 5.91 Å². The van der Waals surface area contributed by atoms with Crippen LogP contribution in [0.15, 0.2) is 30.3 Å². The fourth-order valence-corrected chi connectivity index (χ4v) is 1.85. The second-order valence-corrected chi connectivity index (χ2v) is 4.13. The zero-order valence-electron chi connectivity index (χ0n) is 9.90. The fourth-order valence-electron chi connectivity index (χ4n) is 1.85. The van der Waals surface area contributed by atoms with Gasteiger partial charge in [-0.05, 0) is 17.5 Å². The van der Waals surface area contributed by atoms with E-state index in [1.807, 2.05) is 26.2 Å². The molecule has 0 bridgehead atoms. The van der Waals surface area contributed by atoms with E-state index in [1.54, 1.807) is 11.8 Å². The summed E-state index contributed by atoms with van der Waals surface area (Å²) in [4.78, 5) is 12.9. The molecule has 1 aromatic carbocycles. The Kier molecular flexibility index (Phi) is 2.69. The summed E-state index contributed by atoms with van der Waals surface area (Å²) in [7, 11) is 3.85. The van der Waals surface area contributed by atoms with Crippen molar-refractivity contribution in [2.75, 3.05) is 7.05 Å². The fraction of sp³-hybridized carbons (Fsp3) is 0.308. The van der Waals surface area contributed by atoms with E-state index in [9.17, 15) is 4.79 Å².